The minimum Gasteiger partial charge on any atom is -0.377 e. The second-order valence-corrected chi connectivity index (χ2v) is 5.59. The molecule has 3 nitrogen and oxygen atoms in total. The second-order valence-electron chi connectivity index (χ2n) is 5.59. The van der Waals surface area contributed by atoms with Crippen LogP contribution < -0.4 is 5.73 Å². The first-order chi connectivity index (χ1) is 7.53. The van der Waals surface area contributed by atoms with Crippen LogP contribution >= 0.6 is 0 Å². The third-order valence-electron chi connectivity index (χ3n) is 3.24. The maximum Gasteiger partial charge on any atom is 0.0701 e. The number of nitrogens with zero attached hydrogens (tertiary/aromatic N) is 1. The Morgan fingerprint density at radius 1 is 1.44 bits per heavy atom. The third kappa shape index (κ3) is 5.28. The second kappa shape index (κ2) is 6.58. The number of hydrogen-bond acceptors (Lipinski definition) is 3. The predicted molar refractivity (Wildman–Crippen MR) is 68.6 cm³/mol. The minimum atomic E-state index is -0.0574. The van der Waals surface area contributed by atoms with E-state index < -0.39 is 0 Å². The standard InChI is InChI=1S/C13H28N2O/c1-4-8-13(2,14)11-15(3)10-12-7-5-6-9-16-12/h12H,4-11,14H2,1-3H3. The zero-order chi connectivity index (χ0) is 12.0. The van der Waals surface area contributed by atoms with Crippen LogP contribution in [0.25, 0.3) is 0 Å². The Hall–Kier alpha value is -0.120. The molecule has 0 aromatic carbocycles. The van der Waals surface area contributed by atoms with Gasteiger partial charge in [-0.1, -0.05) is 13.3 Å². The largest absolute Gasteiger partial charge is 0.377 e. The van der Waals surface area contributed by atoms with Gasteiger partial charge in [0.05, 0.1) is 6.10 Å². The lowest BCUT2D eigenvalue weighted by Gasteiger charge is -2.33. The van der Waals surface area contributed by atoms with Crippen molar-refractivity contribution in [2.45, 2.75) is 57.6 Å². The van der Waals surface area contributed by atoms with Crippen molar-refractivity contribution in [2.24, 2.45) is 5.73 Å². The van der Waals surface area contributed by atoms with Gasteiger partial charge in [0.1, 0.15) is 0 Å². The molecule has 96 valence electrons. The molecule has 1 saturated heterocycles. The van der Waals surface area contributed by atoms with Gasteiger partial charge in [-0.05, 0) is 39.7 Å². The molecule has 2 atom stereocenters. The lowest BCUT2D eigenvalue weighted by Crippen LogP contribution is -2.48. The molecule has 0 spiro atoms. The van der Waals surface area contributed by atoms with E-state index in [-0.39, 0.29) is 5.54 Å². The van der Waals surface area contributed by atoms with E-state index in [1.165, 1.54) is 19.3 Å². The number of nitrogens with two attached hydrogens (primary N) is 1. The maximum atomic E-state index is 6.25. The van der Waals surface area contributed by atoms with Gasteiger partial charge in [0.15, 0.2) is 0 Å². The number of ether oxygens (including phenoxy) is 1. The maximum absolute atomic E-state index is 6.25. The van der Waals surface area contributed by atoms with E-state index in [1.807, 2.05) is 0 Å². The fourth-order valence-corrected chi connectivity index (χ4v) is 2.63. The molecule has 1 aliphatic rings. The number of likely N-dealkylation sites (N-methyl/N-ethyl adjacent to an activating group) is 1. The fourth-order valence-electron chi connectivity index (χ4n) is 2.63. The van der Waals surface area contributed by atoms with Gasteiger partial charge < -0.3 is 15.4 Å². The highest BCUT2D eigenvalue weighted by molar-refractivity contribution is 4.82. The average molecular weight is 228 g/mol. The fraction of sp³-hybridized carbons (Fsp3) is 1.00. The summed E-state index contributed by atoms with van der Waals surface area (Å²) in [4.78, 5) is 2.33. The summed E-state index contributed by atoms with van der Waals surface area (Å²) in [6.45, 7) is 7.26. The third-order valence-corrected chi connectivity index (χ3v) is 3.24. The molecule has 0 radical (unpaired) electrons. The van der Waals surface area contributed by atoms with Crippen LogP contribution in [0.5, 0.6) is 0 Å². The first-order valence-electron chi connectivity index (χ1n) is 6.62. The Labute approximate surface area is 100 Å². The molecule has 1 rings (SSSR count). The molecule has 3 heteroatoms. The highest BCUT2D eigenvalue weighted by Crippen LogP contribution is 2.15. The molecule has 0 aliphatic carbocycles. The van der Waals surface area contributed by atoms with Gasteiger partial charge in [0.25, 0.3) is 0 Å². The summed E-state index contributed by atoms with van der Waals surface area (Å²) in [5.74, 6) is 0. The predicted octanol–water partition coefficient (Wildman–Crippen LogP) is 2.00. The molecule has 0 saturated carbocycles. The van der Waals surface area contributed by atoms with Crippen molar-refractivity contribution < 1.29 is 4.74 Å². The van der Waals surface area contributed by atoms with Crippen molar-refractivity contribution in [1.82, 2.24) is 4.90 Å². The molecular weight excluding hydrogens is 200 g/mol. The number of rotatable bonds is 6. The van der Waals surface area contributed by atoms with Crippen LogP contribution in [0.3, 0.4) is 0 Å². The van der Waals surface area contributed by atoms with Gasteiger partial charge in [-0.3, -0.25) is 0 Å². The van der Waals surface area contributed by atoms with Gasteiger partial charge in [-0.15, -0.1) is 0 Å². The van der Waals surface area contributed by atoms with Gasteiger partial charge in [-0.2, -0.15) is 0 Å². The van der Waals surface area contributed by atoms with Gasteiger partial charge >= 0.3 is 0 Å². The van der Waals surface area contributed by atoms with Crippen molar-refractivity contribution in [3.05, 3.63) is 0 Å². The zero-order valence-corrected chi connectivity index (χ0v) is 11.2. The van der Waals surface area contributed by atoms with E-state index in [4.69, 9.17) is 10.5 Å². The normalized spacial score (nSPS) is 25.7. The van der Waals surface area contributed by atoms with E-state index >= 15 is 0 Å². The first kappa shape index (κ1) is 13.9. The van der Waals surface area contributed by atoms with Crippen LogP contribution in [0.4, 0.5) is 0 Å². The van der Waals surface area contributed by atoms with Crippen LogP contribution in [0.1, 0.15) is 46.0 Å². The van der Waals surface area contributed by atoms with E-state index in [9.17, 15) is 0 Å². The Balaban J connectivity index is 2.25. The first-order valence-corrected chi connectivity index (χ1v) is 6.62. The summed E-state index contributed by atoms with van der Waals surface area (Å²) in [6, 6.07) is 0. The molecule has 2 unspecified atom stereocenters. The van der Waals surface area contributed by atoms with Crippen molar-refractivity contribution in [3.63, 3.8) is 0 Å². The SMILES string of the molecule is CCCC(C)(N)CN(C)CC1CCCCO1. The van der Waals surface area contributed by atoms with Gasteiger partial charge in [0.2, 0.25) is 0 Å². The summed E-state index contributed by atoms with van der Waals surface area (Å²) in [5, 5.41) is 0. The van der Waals surface area contributed by atoms with E-state index in [0.717, 1.165) is 32.5 Å². The van der Waals surface area contributed by atoms with Crippen molar-refractivity contribution >= 4 is 0 Å². The Kier molecular flexibility index (Phi) is 5.73. The summed E-state index contributed by atoms with van der Waals surface area (Å²) in [7, 11) is 2.15. The highest BCUT2D eigenvalue weighted by atomic mass is 16.5. The van der Waals surface area contributed by atoms with Crippen LogP contribution in [0.2, 0.25) is 0 Å². The highest BCUT2D eigenvalue weighted by Gasteiger charge is 2.22. The molecular formula is C13H28N2O. The smallest absolute Gasteiger partial charge is 0.0701 e. The summed E-state index contributed by atoms with van der Waals surface area (Å²) >= 11 is 0. The molecule has 1 aliphatic heterocycles. The Morgan fingerprint density at radius 3 is 2.75 bits per heavy atom. The van der Waals surface area contributed by atoms with E-state index in [2.05, 4.69) is 25.8 Å². The molecule has 1 fully saturated rings. The number of hydrogen-bond donors (Lipinski definition) is 1. The monoisotopic (exact) mass is 228 g/mol. The quantitative estimate of drug-likeness (QED) is 0.756. The summed E-state index contributed by atoms with van der Waals surface area (Å²) in [6.07, 6.45) is 6.41. The topological polar surface area (TPSA) is 38.5 Å². The average Bonchev–Trinajstić information content (AvgIpc) is 2.17. The molecule has 0 amide bonds. The molecule has 0 aromatic heterocycles. The summed E-state index contributed by atoms with van der Waals surface area (Å²) < 4.78 is 5.74. The van der Waals surface area contributed by atoms with Crippen molar-refractivity contribution in [3.8, 4) is 0 Å². The summed E-state index contributed by atoms with van der Waals surface area (Å²) in [5.41, 5.74) is 6.19. The van der Waals surface area contributed by atoms with Crippen molar-refractivity contribution in [2.75, 3.05) is 26.7 Å². The molecule has 2 N–H and O–H groups in total. The van der Waals surface area contributed by atoms with Crippen molar-refractivity contribution in [1.29, 1.82) is 0 Å². The minimum absolute atomic E-state index is 0.0574. The molecule has 1 heterocycles. The van der Waals surface area contributed by atoms with Crippen LogP contribution in [0.15, 0.2) is 0 Å². The Bertz CT molecular complexity index is 188. The van der Waals surface area contributed by atoms with Gasteiger partial charge in [-0.25, -0.2) is 0 Å². The Morgan fingerprint density at radius 2 is 2.19 bits per heavy atom. The van der Waals surface area contributed by atoms with Gasteiger partial charge in [0, 0.05) is 25.2 Å². The zero-order valence-electron chi connectivity index (χ0n) is 11.2. The molecule has 0 bridgehead atoms. The van der Waals surface area contributed by atoms with E-state index in [0.29, 0.717) is 6.10 Å². The van der Waals surface area contributed by atoms with Crippen LogP contribution in [-0.4, -0.2) is 43.3 Å². The van der Waals surface area contributed by atoms with Crippen LogP contribution in [0, 0.1) is 0 Å². The lowest BCUT2D eigenvalue weighted by atomic mass is 9.97. The molecule has 0 aromatic rings. The molecule has 16 heavy (non-hydrogen) atoms. The van der Waals surface area contributed by atoms with Crippen LogP contribution in [-0.2, 0) is 4.74 Å². The lowest BCUT2D eigenvalue weighted by molar-refractivity contribution is -0.00411. The van der Waals surface area contributed by atoms with E-state index in [1.54, 1.807) is 0 Å².